The molecule has 1 saturated heterocycles. The molecule has 2 aliphatic rings. The molecule has 33 heavy (non-hydrogen) atoms. The summed E-state index contributed by atoms with van der Waals surface area (Å²) in [6.45, 7) is 7.70. The number of aliphatic hydroxyl groups excluding tert-OH is 1. The lowest BCUT2D eigenvalue weighted by Gasteiger charge is -2.39. The fraction of sp³-hybridized carbons (Fsp3) is 0.731. The number of likely N-dealkylation sites (tertiary alicyclic amines) is 1. The van der Waals surface area contributed by atoms with Crippen LogP contribution in [0, 0.1) is 24.6 Å². The number of carbonyl (C=O) groups excluding carboxylic acids is 1. The molecule has 186 valence electrons. The van der Waals surface area contributed by atoms with Gasteiger partial charge in [-0.25, -0.2) is 9.18 Å². The van der Waals surface area contributed by atoms with Gasteiger partial charge in [-0.1, -0.05) is 18.9 Å². The standard InChI is InChI=1S/C26H42FN3O3/c1-17(2)33-25(22-14-21(27)12-11-18(22)3)20-10-7-13-30(16-20)26(32)29-23(15-28-4)24(31)19-8-5-6-9-19/h11-12,14,17,19-20,23-25,28,31H,5-10,13,15-16H2,1-4H3,(H,29,32)/t20-,23-,24-,25?/m1/s1. The predicted molar refractivity (Wildman–Crippen MR) is 129 cm³/mol. The van der Waals surface area contributed by atoms with E-state index in [0.29, 0.717) is 19.6 Å². The summed E-state index contributed by atoms with van der Waals surface area (Å²) in [5.41, 5.74) is 1.86. The molecule has 6 nitrogen and oxygen atoms in total. The van der Waals surface area contributed by atoms with Crippen molar-refractivity contribution in [2.24, 2.45) is 11.8 Å². The lowest BCUT2D eigenvalue weighted by Crippen LogP contribution is -2.56. The molecule has 1 saturated carbocycles. The van der Waals surface area contributed by atoms with Gasteiger partial charge < -0.3 is 25.4 Å². The minimum Gasteiger partial charge on any atom is -0.391 e. The van der Waals surface area contributed by atoms with Crippen LogP contribution in [0.1, 0.15) is 69.6 Å². The van der Waals surface area contributed by atoms with Crippen LogP contribution in [-0.2, 0) is 4.74 Å². The Labute approximate surface area is 198 Å². The molecule has 0 aromatic heterocycles. The molecule has 1 unspecified atom stereocenters. The average molecular weight is 464 g/mol. The van der Waals surface area contributed by atoms with Crippen LogP contribution in [0.4, 0.5) is 9.18 Å². The second-order valence-corrected chi connectivity index (χ2v) is 10.1. The molecule has 4 atom stereocenters. The fourth-order valence-corrected chi connectivity index (χ4v) is 5.45. The van der Waals surface area contributed by atoms with Gasteiger partial charge in [-0.2, -0.15) is 0 Å². The van der Waals surface area contributed by atoms with Gasteiger partial charge in [0.1, 0.15) is 5.82 Å². The average Bonchev–Trinajstić information content (AvgIpc) is 3.33. The molecule has 3 rings (SSSR count). The number of carbonyl (C=O) groups is 1. The highest BCUT2D eigenvalue weighted by Crippen LogP contribution is 2.36. The second-order valence-electron chi connectivity index (χ2n) is 10.1. The zero-order chi connectivity index (χ0) is 24.0. The number of hydrogen-bond donors (Lipinski definition) is 3. The number of urea groups is 1. The van der Waals surface area contributed by atoms with Gasteiger partial charge in [0, 0.05) is 25.6 Å². The molecule has 1 aromatic carbocycles. The van der Waals surface area contributed by atoms with Crippen molar-refractivity contribution in [1.82, 2.24) is 15.5 Å². The van der Waals surface area contributed by atoms with E-state index in [1.165, 1.54) is 6.07 Å². The molecule has 0 spiro atoms. The zero-order valence-electron chi connectivity index (χ0n) is 20.6. The number of aliphatic hydroxyl groups is 1. The lowest BCUT2D eigenvalue weighted by atomic mass is 9.86. The third-order valence-electron chi connectivity index (χ3n) is 7.17. The van der Waals surface area contributed by atoms with Crippen molar-refractivity contribution < 1.29 is 19.0 Å². The van der Waals surface area contributed by atoms with Crippen LogP contribution in [0.25, 0.3) is 0 Å². The number of likely N-dealkylation sites (N-methyl/N-ethyl adjacent to an activating group) is 1. The normalized spacial score (nSPS) is 22.4. The van der Waals surface area contributed by atoms with Gasteiger partial charge in [0.2, 0.25) is 0 Å². The van der Waals surface area contributed by atoms with Crippen LogP contribution in [0.5, 0.6) is 0 Å². The summed E-state index contributed by atoms with van der Waals surface area (Å²) < 4.78 is 20.4. The molecule has 1 aliphatic heterocycles. The first-order valence-electron chi connectivity index (χ1n) is 12.6. The van der Waals surface area contributed by atoms with E-state index in [0.717, 1.165) is 49.7 Å². The molecule has 0 bridgehead atoms. The highest BCUT2D eigenvalue weighted by Gasteiger charge is 2.35. The Morgan fingerprint density at radius 2 is 1.91 bits per heavy atom. The van der Waals surface area contributed by atoms with Gasteiger partial charge in [0.25, 0.3) is 0 Å². The second kappa shape index (κ2) is 12.1. The van der Waals surface area contributed by atoms with Crippen LogP contribution in [0.2, 0.25) is 0 Å². The highest BCUT2D eigenvalue weighted by molar-refractivity contribution is 5.74. The largest absolute Gasteiger partial charge is 0.391 e. The molecule has 2 amide bonds. The maximum atomic E-state index is 14.1. The Balaban J connectivity index is 1.71. The minimum atomic E-state index is -0.545. The van der Waals surface area contributed by atoms with Gasteiger partial charge in [-0.05, 0) is 82.7 Å². The molecule has 1 heterocycles. The third kappa shape index (κ3) is 6.90. The Kier molecular flexibility index (Phi) is 9.53. The van der Waals surface area contributed by atoms with Crippen molar-refractivity contribution >= 4 is 6.03 Å². The van der Waals surface area contributed by atoms with Crippen molar-refractivity contribution in [1.29, 1.82) is 0 Å². The number of amides is 2. The predicted octanol–water partition coefficient (Wildman–Crippen LogP) is 4.16. The smallest absolute Gasteiger partial charge is 0.317 e. The van der Waals surface area contributed by atoms with Gasteiger partial charge in [0.15, 0.2) is 0 Å². The summed E-state index contributed by atoms with van der Waals surface area (Å²) in [6, 6.07) is 4.38. The number of benzene rings is 1. The Hall–Kier alpha value is -1.70. The quantitative estimate of drug-likeness (QED) is 0.514. The number of ether oxygens (including phenoxy) is 1. The van der Waals surface area contributed by atoms with Gasteiger partial charge in [-0.15, -0.1) is 0 Å². The molecular formula is C26H42FN3O3. The topological polar surface area (TPSA) is 73.8 Å². The summed E-state index contributed by atoms with van der Waals surface area (Å²) in [4.78, 5) is 15.1. The number of nitrogens with zero attached hydrogens (tertiary/aromatic N) is 1. The molecule has 1 aliphatic carbocycles. The number of nitrogens with one attached hydrogen (secondary N) is 2. The van der Waals surface area contributed by atoms with Gasteiger partial charge >= 0.3 is 6.03 Å². The summed E-state index contributed by atoms with van der Waals surface area (Å²) in [6.07, 6.45) is 5.29. The van der Waals surface area contributed by atoms with E-state index in [4.69, 9.17) is 4.74 Å². The number of halogens is 1. The molecule has 3 N–H and O–H groups in total. The number of piperidine rings is 1. The van der Waals surface area contributed by atoms with E-state index in [9.17, 15) is 14.3 Å². The monoisotopic (exact) mass is 463 g/mol. The summed E-state index contributed by atoms with van der Waals surface area (Å²) >= 11 is 0. The van der Waals surface area contributed by atoms with Crippen LogP contribution >= 0.6 is 0 Å². The molecule has 7 heteroatoms. The maximum Gasteiger partial charge on any atom is 0.317 e. The Morgan fingerprint density at radius 3 is 2.58 bits per heavy atom. The van der Waals surface area contributed by atoms with E-state index in [-0.39, 0.29) is 41.9 Å². The zero-order valence-corrected chi connectivity index (χ0v) is 20.6. The van der Waals surface area contributed by atoms with Crippen molar-refractivity contribution in [3.63, 3.8) is 0 Å². The molecule has 2 fully saturated rings. The van der Waals surface area contributed by atoms with Gasteiger partial charge in [0.05, 0.1) is 24.4 Å². The first-order valence-corrected chi connectivity index (χ1v) is 12.6. The van der Waals surface area contributed by atoms with Crippen LogP contribution in [0.15, 0.2) is 18.2 Å². The number of rotatable bonds is 9. The maximum absolute atomic E-state index is 14.1. The Bertz CT molecular complexity index is 769. The van der Waals surface area contributed by atoms with E-state index < -0.39 is 6.10 Å². The fourth-order valence-electron chi connectivity index (χ4n) is 5.45. The van der Waals surface area contributed by atoms with Crippen LogP contribution in [-0.4, -0.2) is 61.0 Å². The minimum absolute atomic E-state index is 0.0107. The SMILES string of the molecule is CNC[C@@H](NC(=O)N1CCC[C@@H](C(OC(C)C)c2cc(F)ccc2C)C1)[C@H](O)C1CCCC1. The molecule has 1 aromatic rings. The first-order chi connectivity index (χ1) is 15.8. The number of hydrogen-bond acceptors (Lipinski definition) is 4. The summed E-state index contributed by atoms with van der Waals surface area (Å²) in [7, 11) is 1.84. The lowest BCUT2D eigenvalue weighted by molar-refractivity contribution is -0.0440. The van der Waals surface area contributed by atoms with Crippen molar-refractivity contribution in [2.45, 2.75) is 83.6 Å². The van der Waals surface area contributed by atoms with Crippen molar-refractivity contribution in [2.75, 3.05) is 26.7 Å². The Morgan fingerprint density at radius 1 is 1.21 bits per heavy atom. The molecule has 0 radical (unpaired) electrons. The van der Waals surface area contributed by atoms with Crippen LogP contribution < -0.4 is 10.6 Å². The number of aryl methyl sites for hydroxylation is 1. The summed E-state index contributed by atoms with van der Waals surface area (Å²) in [5, 5.41) is 17.1. The first kappa shape index (κ1) is 25.9. The van der Waals surface area contributed by atoms with E-state index >= 15 is 0 Å². The van der Waals surface area contributed by atoms with E-state index in [1.54, 1.807) is 12.1 Å². The molecular weight excluding hydrogens is 421 g/mol. The van der Waals surface area contributed by atoms with Gasteiger partial charge in [-0.3, -0.25) is 0 Å². The van der Waals surface area contributed by atoms with Crippen molar-refractivity contribution in [3.05, 3.63) is 35.1 Å². The highest BCUT2D eigenvalue weighted by atomic mass is 19.1. The third-order valence-corrected chi connectivity index (χ3v) is 7.17. The van der Waals surface area contributed by atoms with Crippen molar-refractivity contribution in [3.8, 4) is 0 Å². The van der Waals surface area contributed by atoms with Crippen LogP contribution in [0.3, 0.4) is 0 Å². The summed E-state index contributed by atoms with van der Waals surface area (Å²) in [5.74, 6) is 0.0570. The van der Waals surface area contributed by atoms with E-state index in [2.05, 4.69) is 10.6 Å². The van der Waals surface area contributed by atoms with E-state index in [1.807, 2.05) is 32.7 Å².